The van der Waals surface area contributed by atoms with Gasteiger partial charge < -0.3 is 15.5 Å². The minimum absolute atomic E-state index is 0.0789. The van der Waals surface area contributed by atoms with Crippen LogP contribution in [-0.2, 0) is 4.79 Å². The number of carbonyl (C=O) groups excluding carboxylic acids is 2. The highest BCUT2D eigenvalue weighted by molar-refractivity contribution is 5.97. The molecule has 2 atom stereocenters. The first kappa shape index (κ1) is 16.3. The molecule has 120 valence electrons. The monoisotopic (exact) mass is 303 g/mol. The number of hydrogen-bond donors (Lipinski definition) is 2. The lowest BCUT2D eigenvalue weighted by Gasteiger charge is -2.26. The number of amides is 3. The summed E-state index contributed by atoms with van der Waals surface area (Å²) in [6.45, 7) is 5.56. The molecule has 1 aromatic carbocycles. The second-order valence-corrected chi connectivity index (χ2v) is 5.86. The van der Waals surface area contributed by atoms with Crippen molar-refractivity contribution in [1.82, 2.24) is 10.2 Å². The van der Waals surface area contributed by atoms with Crippen molar-refractivity contribution in [1.29, 1.82) is 0 Å². The van der Waals surface area contributed by atoms with Crippen molar-refractivity contribution in [3.05, 3.63) is 30.3 Å². The van der Waals surface area contributed by atoms with Crippen LogP contribution in [0.4, 0.5) is 10.5 Å². The van der Waals surface area contributed by atoms with Gasteiger partial charge in [-0.05, 0) is 30.9 Å². The van der Waals surface area contributed by atoms with Crippen LogP contribution in [0.25, 0.3) is 0 Å². The van der Waals surface area contributed by atoms with E-state index >= 15 is 0 Å². The Bertz CT molecular complexity index is 498. The number of rotatable bonds is 5. The fraction of sp³-hybridized carbons (Fsp3) is 0.529. The molecule has 5 heteroatoms. The second-order valence-electron chi connectivity index (χ2n) is 5.86. The van der Waals surface area contributed by atoms with Crippen LogP contribution in [-0.4, -0.2) is 36.0 Å². The van der Waals surface area contributed by atoms with Gasteiger partial charge in [-0.2, -0.15) is 0 Å². The van der Waals surface area contributed by atoms with E-state index in [2.05, 4.69) is 10.6 Å². The molecule has 1 aliphatic heterocycles. The smallest absolute Gasteiger partial charge is 0.318 e. The zero-order chi connectivity index (χ0) is 15.9. The Labute approximate surface area is 132 Å². The Morgan fingerprint density at radius 3 is 2.41 bits per heavy atom. The van der Waals surface area contributed by atoms with E-state index in [4.69, 9.17) is 0 Å². The molecule has 0 spiro atoms. The van der Waals surface area contributed by atoms with E-state index in [9.17, 15) is 9.59 Å². The number of para-hydroxylation sites is 1. The average molecular weight is 303 g/mol. The van der Waals surface area contributed by atoms with E-state index in [-0.39, 0.29) is 17.9 Å². The van der Waals surface area contributed by atoms with Crippen LogP contribution in [0.1, 0.15) is 33.1 Å². The van der Waals surface area contributed by atoms with E-state index in [0.717, 1.165) is 38.0 Å². The number of likely N-dealkylation sites (tertiary alicyclic amines) is 1. The highest BCUT2D eigenvalue weighted by atomic mass is 16.2. The predicted molar refractivity (Wildman–Crippen MR) is 87.7 cm³/mol. The Morgan fingerprint density at radius 2 is 1.82 bits per heavy atom. The van der Waals surface area contributed by atoms with Gasteiger partial charge in [0, 0.05) is 18.8 Å². The number of hydrogen-bond acceptors (Lipinski definition) is 2. The third kappa shape index (κ3) is 4.23. The summed E-state index contributed by atoms with van der Waals surface area (Å²) >= 11 is 0. The number of urea groups is 1. The van der Waals surface area contributed by atoms with Crippen LogP contribution in [0, 0.1) is 5.92 Å². The summed E-state index contributed by atoms with van der Waals surface area (Å²) < 4.78 is 0. The molecule has 3 amide bonds. The summed E-state index contributed by atoms with van der Waals surface area (Å²) in [7, 11) is 0. The van der Waals surface area contributed by atoms with Crippen LogP contribution in [0.2, 0.25) is 0 Å². The van der Waals surface area contributed by atoms with Crippen LogP contribution >= 0.6 is 0 Å². The summed E-state index contributed by atoms with van der Waals surface area (Å²) in [6.07, 6.45) is 2.91. The Morgan fingerprint density at radius 1 is 1.18 bits per heavy atom. The van der Waals surface area contributed by atoms with Crippen molar-refractivity contribution in [3.8, 4) is 0 Å². The highest BCUT2D eigenvalue weighted by Gasteiger charge is 2.28. The number of anilines is 1. The summed E-state index contributed by atoms with van der Waals surface area (Å²) in [6, 6.07) is 8.68. The molecular formula is C17H25N3O2. The van der Waals surface area contributed by atoms with Gasteiger partial charge in [-0.25, -0.2) is 4.79 Å². The molecule has 1 heterocycles. The third-order valence-corrected chi connectivity index (χ3v) is 4.21. The summed E-state index contributed by atoms with van der Waals surface area (Å²) in [5.41, 5.74) is 0.747. The Balaban J connectivity index is 2.01. The maximum atomic E-state index is 12.5. The van der Waals surface area contributed by atoms with Crippen molar-refractivity contribution in [2.24, 2.45) is 5.92 Å². The molecule has 0 aromatic heterocycles. The van der Waals surface area contributed by atoms with E-state index < -0.39 is 6.04 Å². The first-order chi connectivity index (χ1) is 10.6. The molecule has 1 unspecified atom stereocenters. The zero-order valence-corrected chi connectivity index (χ0v) is 13.3. The molecule has 5 nitrogen and oxygen atoms in total. The topological polar surface area (TPSA) is 61.4 Å². The first-order valence-electron chi connectivity index (χ1n) is 8.03. The maximum absolute atomic E-state index is 12.5. The lowest BCUT2D eigenvalue weighted by Crippen LogP contribution is -2.51. The van der Waals surface area contributed by atoms with Crippen LogP contribution < -0.4 is 10.6 Å². The van der Waals surface area contributed by atoms with Crippen molar-refractivity contribution in [3.63, 3.8) is 0 Å². The number of carbonyl (C=O) groups is 2. The first-order valence-corrected chi connectivity index (χ1v) is 8.03. The predicted octanol–water partition coefficient (Wildman–Crippen LogP) is 2.85. The average Bonchev–Trinajstić information content (AvgIpc) is 3.07. The fourth-order valence-electron chi connectivity index (χ4n) is 2.59. The lowest BCUT2D eigenvalue weighted by atomic mass is 9.98. The van der Waals surface area contributed by atoms with Gasteiger partial charge in [-0.3, -0.25) is 4.79 Å². The van der Waals surface area contributed by atoms with E-state index in [0.29, 0.717) is 0 Å². The van der Waals surface area contributed by atoms with Crippen LogP contribution in [0.15, 0.2) is 30.3 Å². The van der Waals surface area contributed by atoms with Gasteiger partial charge in [-0.15, -0.1) is 0 Å². The maximum Gasteiger partial charge on any atom is 0.318 e. The van der Waals surface area contributed by atoms with Gasteiger partial charge >= 0.3 is 6.03 Å². The van der Waals surface area contributed by atoms with Gasteiger partial charge in [0.25, 0.3) is 0 Å². The van der Waals surface area contributed by atoms with Gasteiger partial charge in [0.1, 0.15) is 6.04 Å². The fourth-order valence-corrected chi connectivity index (χ4v) is 2.59. The van der Waals surface area contributed by atoms with E-state index in [1.165, 1.54) is 0 Å². The van der Waals surface area contributed by atoms with Gasteiger partial charge in [-0.1, -0.05) is 38.5 Å². The standard InChI is InChI=1S/C17H25N3O2/c1-3-13(2)15(19-17(22)20-11-7-8-12-20)16(21)18-14-9-5-4-6-10-14/h4-6,9-10,13,15H,3,7-8,11-12H2,1-2H3,(H,18,21)(H,19,22)/t13?,15-/m0/s1. The molecule has 1 saturated heterocycles. The third-order valence-electron chi connectivity index (χ3n) is 4.21. The normalized spacial score (nSPS) is 16.9. The molecule has 1 fully saturated rings. The van der Waals surface area contributed by atoms with Crippen molar-refractivity contribution in [2.75, 3.05) is 18.4 Å². The molecule has 22 heavy (non-hydrogen) atoms. The summed E-state index contributed by atoms with van der Waals surface area (Å²) in [5.74, 6) is -0.0802. The Kier molecular flexibility index (Phi) is 5.81. The SMILES string of the molecule is CCC(C)[C@H](NC(=O)N1CCCC1)C(=O)Nc1ccccc1. The summed E-state index contributed by atoms with van der Waals surface area (Å²) in [5, 5.41) is 5.79. The van der Waals surface area contributed by atoms with Gasteiger partial charge in [0.2, 0.25) is 5.91 Å². The van der Waals surface area contributed by atoms with Crippen molar-refractivity contribution < 1.29 is 9.59 Å². The van der Waals surface area contributed by atoms with Gasteiger partial charge in [0.15, 0.2) is 0 Å². The number of nitrogens with zero attached hydrogens (tertiary/aromatic N) is 1. The minimum atomic E-state index is -0.515. The van der Waals surface area contributed by atoms with Crippen molar-refractivity contribution in [2.45, 2.75) is 39.2 Å². The molecule has 1 aliphatic rings. The molecule has 0 bridgehead atoms. The van der Waals surface area contributed by atoms with E-state index in [1.54, 1.807) is 4.90 Å². The Hall–Kier alpha value is -2.04. The highest BCUT2D eigenvalue weighted by Crippen LogP contribution is 2.14. The summed E-state index contributed by atoms with van der Waals surface area (Å²) in [4.78, 5) is 26.6. The minimum Gasteiger partial charge on any atom is -0.326 e. The molecular weight excluding hydrogens is 278 g/mol. The molecule has 0 aliphatic carbocycles. The van der Waals surface area contributed by atoms with Crippen LogP contribution in [0.3, 0.4) is 0 Å². The van der Waals surface area contributed by atoms with Crippen molar-refractivity contribution >= 4 is 17.6 Å². The quantitative estimate of drug-likeness (QED) is 0.878. The van der Waals surface area contributed by atoms with Crippen LogP contribution in [0.5, 0.6) is 0 Å². The molecule has 2 rings (SSSR count). The molecule has 2 N–H and O–H groups in total. The molecule has 0 saturated carbocycles. The number of benzene rings is 1. The molecule has 1 aromatic rings. The second kappa shape index (κ2) is 7.82. The van der Waals surface area contributed by atoms with E-state index in [1.807, 2.05) is 44.2 Å². The van der Waals surface area contributed by atoms with Gasteiger partial charge in [0.05, 0.1) is 0 Å². The lowest BCUT2D eigenvalue weighted by molar-refractivity contribution is -0.119. The molecule has 0 radical (unpaired) electrons. The zero-order valence-electron chi connectivity index (χ0n) is 13.3. The number of nitrogens with one attached hydrogen (secondary N) is 2. The largest absolute Gasteiger partial charge is 0.326 e.